The molecule has 108 valence electrons. The minimum Gasteiger partial charge on any atom is -0.463 e. The fraction of sp³-hybridized carbons (Fsp3) is 0.769. The molecule has 6 heteroatoms. The molecule has 0 fully saturated rings. The third kappa shape index (κ3) is 4.89. The fourth-order valence-electron chi connectivity index (χ4n) is 1.22. The third-order valence-corrected chi connectivity index (χ3v) is 3.33. The van der Waals surface area contributed by atoms with Crippen LogP contribution in [0.1, 0.15) is 41.0 Å². The van der Waals surface area contributed by atoms with Gasteiger partial charge in [0.1, 0.15) is 0 Å². The van der Waals surface area contributed by atoms with Crippen molar-refractivity contribution in [2.75, 3.05) is 24.2 Å². The Bertz CT molecular complexity index is 406. The first-order valence-electron chi connectivity index (χ1n) is 6.73. The van der Waals surface area contributed by atoms with Gasteiger partial charge >= 0.3 is 6.01 Å². The number of nitrogen functional groups attached to an aromatic ring is 1. The van der Waals surface area contributed by atoms with Crippen molar-refractivity contribution < 1.29 is 4.74 Å². The van der Waals surface area contributed by atoms with Gasteiger partial charge in [-0.2, -0.15) is 15.0 Å². The molecule has 0 unspecified atom stereocenters. The van der Waals surface area contributed by atoms with Gasteiger partial charge in [-0.05, 0) is 17.8 Å². The molecule has 0 spiro atoms. The van der Waals surface area contributed by atoms with Crippen LogP contribution in [-0.4, -0.2) is 28.1 Å². The number of hydrogen-bond donors (Lipinski definition) is 2. The summed E-state index contributed by atoms with van der Waals surface area (Å²) < 4.78 is 5.37. The van der Waals surface area contributed by atoms with Crippen LogP contribution in [0.25, 0.3) is 0 Å². The molecule has 1 aromatic rings. The van der Waals surface area contributed by atoms with Crippen LogP contribution in [0.15, 0.2) is 0 Å². The summed E-state index contributed by atoms with van der Waals surface area (Å²) in [6, 6.07) is 0.277. The second-order valence-corrected chi connectivity index (χ2v) is 5.65. The molecule has 1 heterocycles. The Morgan fingerprint density at radius 3 is 2.53 bits per heavy atom. The van der Waals surface area contributed by atoms with Gasteiger partial charge < -0.3 is 15.8 Å². The molecule has 0 bridgehead atoms. The summed E-state index contributed by atoms with van der Waals surface area (Å²) in [7, 11) is 0. The molecule has 0 radical (unpaired) electrons. The van der Waals surface area contributed by atoms with Crippen molar-refractivity contribution in [3.05, 3.63) is 0 Å². The molecule has 0 aliphatic rings. The fourth-order valence-corrected chi connectivity index (χ4v) is 1.22. The van der Waals surface area contributed by atoms with E-state index in [2.05, 4.69) is 48.0 Å². The number of nitrogens with one attached hydrogen (secondary N) is 1. The largest absolute Gasteiger partial charge is 0.463 e. The van der Waals surface area contributed by atoms with Gasteiger partial charge in [0.2, 0.25) is 11.9 Å². The van der Waals surface area contributed by atoms with Gasteiger partial charge in [-0.25, -0.2) is 0 Å². The van der Waals surface area contributed by atoms with Gasteiger partial charge in [0, 0.05) is 6.54 Å². The molecule has 0 atom stereocenters. The molecule has 0 aliphatic carbocycles. The maximum atomic E-state index is 5.65. The summed E-state index contributed by atoms with van der Waals surface area (Å²) in [6.45, 7) is 12.1. The number of ether oxygens (including phenoxy) is 1. The van der Waals surface area contributed by atoms with E-state index in [4.69, 9.17) is 10.5 Å². The van der Waals surface area contributed by atoms with Crippen molar-refractivity contribution >= 4 is 11.9 Å². The van der Waals surface area contributed by atoms with Crippen molar-refractivity contribution in [3.63, 3.8) is 0 Å². The molecule has 0 aliphatic heterocycles. The van der Waals surface area contributed by atoms with E-state index in [1.54, 1.807) is 0 Å². The standard InChI is InChI=1S/C13H25N5O/c1-6-7-19-12-17-10(14)16-11(18-12)15-8-13(4,5)9(2)3/h9H,6-8H2,1-5H3,(H3,14,15,16,17,18). The first-order chi connectivity index (χ1) is 8.85. The zero-order valence-electron chi connectivity index (χ0n) is 12.5. The van der Waals surface area contributed by atoms with Crippen molar-refractivity contribution in [2.24, 2.45) is 11.3 Å². The molecule has 0 aromatic carbocycles. The number of hydrogen-bond acceptors (Lipinski definition) is 6. The maximum absolute atomic E-state index is 5.65. The van der Waals surface area contributed by atoms with Crippen LogP contribution in [0.4, 0.5) is 11.9 Å². The first kappa shape index (κ1) is 15.5. The minimum absolute atomic E-state index is 0.145. The smallest absolute Gasteiger partial charge is 0.323 e. The van der Waals surface area contributed by atoms with E-state index in [0.717, 1.165) is 13.0 Å². The molecule has 19 heavy (non-hydrogen) atoms. The lowest BCUT2D eigenvalue weighted by molar-refractivity contribution is 0.268. The van der Waals surface area contributed by atoms with Crippen LogP contribution < -0.4 is 15.8 Å². The Morgan fingerprint density at radius 1 is 1.26 bits per heavy atom. The van der Waals surface area contributed by atoms with Crippen LogP contribution in [0.2, 0.25) is 0 Å². The molecule has 0 amide bonds. The zero-order valence-corrected chi connectivity index (χ0v) is 12.5. The lowest BCUT2D eigenvalue weighted by Gasteiger charge is -2.29. The summed E-state index contributed by atoms with van der Waals surface area (Å²) in [6.07, 6.45) is 0.898. The molecule has 1 rings (SSSR count). The van der Waals surface area contributed by atoms with E-state index in [0.29, 0.717) is 18.5 Å². The molecular weight excluding hydrogens is 242 g/mol. The van der Waals surface area contributed by atoms with Crippen LogP contribution in [0.3, 0.4) is 0 Å². The van der Waals surface area contributed by atoms with Gasteiger partial charge in [-0.3, -0.25) is 0 Å². The second kappa shape index (κ2) is 6.54. The van der Waals surface area contributed by atoms with E-state index in [9.17, 15) is 0 Å². The monoisotopic (exact) mass is 267 g/mol. The predicted molar refractivity (Wildman–Crippen MR) is 77.1 cm³/mol. The lowest BCUT2D eigenvalue weighted by Crippen LogP contribution is -2.29. The Kier molecular flexibility index (Phi) is 5.32. The van der Waals surface area contributed by atoms with Crippen LogP contribution >= 0.6 is 0 Å². The molecule has 1 aromatic heterocycles. The van der Waals surface area contributed by atoms with Crippen LogP contribution in [0.5, 0.6) is 6.01 Å². The van der Waals surface area contributed by atoms with Gasteiger partial charge in [0.25, 0.3) is 0 Å². The number of rotatable bonds is 7. The van der Waals surface area contributed by atoms with Crippen molar-refractivity contribution in [1.29, 1.82) is 0 Å². The van der Waals surface area contributed by atoms with Crippen LogP contribution in [-0.2, 0) is 0 Å². The van der Waals surface area contributed by atoms with E-state index in [-0.39, 0.29) is 17.4 Å². The summed E-state index contributed by atoms with van der Waals surface area (Å²) in [4.78, 5) is 12.2. The minimum atomic E-state index is 0.145. The molecular formula is C13H25N5O. The molecule has 3 N–H and O–H groups in total. The molecule has 6 nitrogen and oxygen atoms in total. The Hall–Kier alpha value is -1.59. The van der Waals surface area contributed by atoms with Gasteiger partial charge in [-0.15, -0.1) is 0 Å². The second-order valence-electron chi connectivity index (χ2n) is 5.65. The summed E-state index contributed by atoms with van der Waals surface area (Å²) >= 11 is 0. The first-order valence-corrected chi connectivity index (χ1v) is 6.73. The number of nitrogens with two attached hydrogens (primary N) is 1. The normalized spacial score (nSPS) is 11.7. The Morgan fingerprint density at radius 2 is 1.95 bits per heavy atom. The van der Waals surface area contributed by atoms with Crippen molar-refractivity contribution in [3.8, 4) is 6.01 Å². The molecule has 0 saturated carbocycles. The highest BCUT2D eigenvalue weighted by atomic mass is 16.5. The highest BCUT2D eigenvalue weighted by molar-refractivity contribution is 5.32. The van der Waals surface area contributed by atoms with Crippen molar-refractivity contribution in [1.82, 2.24) is 15.0 Å². The SMILES string of the molecule is CCCOc1nc(N)nc(NCC(C)(C)C(C)C)n1. The third-order valence-electron chi connectivity index (χ3n) is 3.33. The Labute approximate surface area is 115 Å². The van der Waals surface area contributed by atoms with E-state index < -0.39 is 0 Å². The quantitative estimate of drug-likeness (QED) is 0.788. The van der Waals surface area contributed by atoms with E-state index in [1.807, 2.05) is 6.92 Å². The molecule has 0 saturated heterocycles. The van der Waals surface area contributed by atoms with Gasteiger partial charge in [-0.1, -0.05) is 34.6 Å². The highest BCUT2D eigenvalue weighted by Gasteiger charge is 2.22. The van der Waals surface area contributed by atoms with Gasteiger partial charge in [0.05, 0.1) is 6.61 Å². The topological polar surface area (TPSA) is 86.0 Å². The maximum Gasteiger partial charge on any atom is 0.323 e. The lowest BCUT2D eigenvalue weighted by atomic mass is 9.81. The van der Waals surface area contributed by atoms with E-state index in [1.165, 1.54) is 0 Å². The number of anilines is 2. The average Bonchev–Trinajstić information content (AvgIpc) is 2.33. The number of aromatic nitrogens is 3. The predicted octanol–water partition coefficient (Wildman–Crippen LogP) is 2.34. The summed E-state index contributed by atoms with van der Waals surface area (Å²) in [5, 5.41) is 3.20. The zero-order chi connectivity index (χ0) is 14.5. The van der Waals surface area contributed by atoms with Gasteiger partial charge in [0.15, 0.2) is 0 Å². The highest BCUT2D eigenvalue weighted by Crippen LogP contribution is 2.26. The average molecular weight is 267 g/mol. The summed E-state index contributed by atoms with van der Waals surface area (Å²) in [5.74, 6) is 1.19. The van der Waals surface area contributed by atoms with Crippen LogP contribution in [0, 0.1) is 11.3 Å². The number of nitrogens with zero attached hydrogens (tertiary/aromatic N) is 3. The summed E-state index contributed by atoms with van der Waals surface area (Å²) in [5.41, 5.74) is 5.79. The Balaban J connectivity index is 2.70. The van der Waals surface area contributed by atoms with Crippen molar-refractivity contribution in [2.45, 2.75) is 41.0 Å². The van der Waals surface area contributed by atoms with E-state index >= 15 is 0 Å².